The fourth-order valence-corrected chi connectivity index (χ4v) is 3.02. The molecule has 0 atom stereocenters. The monoisotopic (exact) mass is 355 g/mol. The highest BCUT2D eigenvalue weighted by molar-refractivity contribution is 7.98. The molecule has 0 aliphatic rings. The van der Waals surface area contributed by atoms with Crippen molar-refractivity contribution in [3.05, 3.63) is 68.7 Å². The number of nitrogens with one attached hydrogen (secondary N) is 2. The van der Waals surface area contributed by atoms with E-state index in [1.807, 2.05) is 30.5 Å². The van der Waals surface area contributed by atoms with Crippen molar-refractivity contribution < 1.29 is 4.79 Å². The van der Waals surface area contributed by atoms with Gasteiger partial charge in [0.2, 0.25) is 0 Å². The maximum Gasteiger partial charge on any atom is 0.316 e. The van der Waals surface area contributed by atoms with Crippen LogP contribution in [-0.4, -0.2) is 21.7 Å². The van der Waals surface area contributed by atoms with E-state index < -0.39 is 11.1 Å². The Morgan fingerprint density at radius 2 is 1.88 bits per heavy atom. The predicted octanol–water partition coefficient (Wildman–Crippen LogP) is 2.68. The van der Waals surface area contributed by atoms with Crippen LogP contribution < -0.4 is 16.4 Å². The summed E-state index contributed by atoms with van der Waals surface area (Å²) in [6.07, 6.45) is 1.99. The molecule has 0 spiro atoms. The largest absolute Gasteiger partial charge is 0.322 e. The molecule has 1 heterocycles. The minimum Gasteiger partial charge on any atom is -0.322 e. The minimum atomic E-state index is -0.695. The van der Waals surface area contributed by atoms with Crippen LogP contribution in [-0.2, 0) is 6.54 Å². The summed E-state index contributed by atoms with van der Waals surface area (Å²) in [5.74, 6) is -0.283. The van der Waals surface area contributed by atoms with E-state index in [9.17, 15) is 14.4 Å². The van der Waals surface area contributed by atoms with Crippen LogP contribution in [0.4, 0.5) is 5.69 Å². The van der Waals surface area contributed by atoms with E-state index in [0.29, 0.717) is 28.8 Å². The average Bonchev–Trinajstić information content (AvgIpc) is 2.63. The van der Waals surface area contributed by atoms with Gasteiger partial charge in [-0.15, -0.1) is 11.8 Å². The van der Waals surface area contributed by atoms with Gasteiger partial charge >= 0.3 is 11.1 Å². The zero-order chi connectivity index (χ0) is 18.0. The first-order chi connectivity index (χ1) is 12.0. The zero-order valence-electron chi connectivity index (χ0n) is 13.8. The standard InChI is InChI=1S/C18H17N3O3S/c1-3-21-15-9-4-11(10-14(15)20-17(23)18(21)24)16(22)19-12-5-7-13(25-2)8-6-12/h4-10H,3H2,1-2H3,(H,19,22)(H,20,23). The molecular weight excluding hydrogens is 338 g/mol. The van der Waals surface area contributed by atoms with E-state index >= 15 is 0 Å². The SMILES string of the molecule is CCn1c(=O)c(=O)[nH]c2cc(C(=O)Nc3ccc(SC)cc3)ccc21. The quantitative estimate of drug-likeness (QED) is 0.557. The Balaban J connectivity index is 1.95. The summed E-state index contributed by atoms with van der Waals surface area (Å²) in [6.45, 7) is 2.17. The van der Waals surface area contributed by atoms with Crippen LogP contribution >= 0.6 is 11.8 Å². The van der Waals surface area contributed by atoms with Gasteiger partial charge in [0.25, 0.3) is 5.91 Å². The second-order valence-corrected chi connectivity index (χ2v) is 6.30. The zero-order valence-corrected chi connectivity index (χ0v) is 14.6. The second-order valence-electron chi connectivity index (χ2n) is 5.42. The topological polar surface area (TPSA) is 84.0 Å². The summed E-state index contributed by atoms with van der Waals surface area (Å²) >= 11 is 1.63. The number of thioether (sulfide) groups is 1. The van der Waals surface area contributed by atoms with Crippen molar-refractivity contribution in [2.24, 2.45) is 0 Å². The van der Waals surface area contributed by atoms with E-state index in [4.69, 9.17) is 0 Å². The Morgan fingerprint density at radius 3 is 2.52 bits per heavy atom. The van der Waals surface area contributed by atoms with Crippen LogP contribution in [0.1, 0.15) is 17.3 Å². The van der Waals surface area contributed by atoms with Crippen molar-refractivity contribution in [2.45, 2.75) is 18.4 Å². The molecule has 7 heteroatoms. The summed E-state index contributed by atoms with van der Waals surface area (Å²) in [7, 11) is 0. The van der Waals surface area contributed by atoms with Crippen LogP contribution in [0, 0.1) is 0 Å². The molecule has 2 N–H and O–H groups in total. The number of hydrogen-bond donors (Lipinski definition) is 2. The third kappa shape index (κ3) is 3.36. The molecule has 6 nitrogen and oxygen atoms in total. The van der Waals surface area contributed by atoms with Crippen molar-refractivity contribution in [1.29, 1.82) is 0 Å². The molecular formula is C18H17N3O3S. The lowest BCUT2D eigenvalue weighted by molar-refractivity contribution is 0.102. The van der Waals surface area contributed by atoms with Crippen molar-refractivity contribution in [1.82, 2.24) is 9.55 Å². The fourth-order valence-electron chi connectivity index (χ4n) is 2.61. The molecule has 0 bridgehead atoms. The number of carbonyl (C=O) groups excluding carboxylic acids is 1. The summed E-state index contributed by atoms with van der Waals surface area (Å²) in [4.78, 5) is 39.7. The molecule has 2 aromatic carbocycles. The first kappa shape index (κ1) is 17.0. The number of fused-ring (bicyclic) bond motifs is 1. The predicted molar refractivity (Wildman–Crippen MR) is 101 cm³/mol. The summed E-state index contributed by atoms with van der Waals surface area (Å²) in [5.41, 5.74) is 0.846. The first-order valence-electron chi connectivity index (χ1n) is 7.75. The summed E-state index contributed by atoms with van der Waals surface area (Å²) in [5, 5.41) is 2.82. The molecule has 0 fully saturated rings. The second kappa shape index (κ2) is 6.98. The Morgan fingerprint density at radius 1 is 1.16 bits per heavy atom. The van der Waals surface area contributed by atoms with Crippen molar-refractivity contribution in [3.8, 4) is 0 Å². The number of anilines is 1. The molecule has 0 saturated heterocycles. The minimum absolute atomic E-state index is 0.283. The van der Waals surface area contributed by atoms with E-state index in [1.165, 1.54) is 4.57 Å². The number of rotatable bonds is 4. The first-order valence-corrected chi connectivity index (χ1v) is 8.98. The Labute approximate surface area is 147 Å². The molecule has 3 aromatic rings. The Kier molecular flexibility index (Phi) is 4.76. The van der Waals surface area contributed by atoms with E-state index in [2.05, 4.69) is 10.3 Å². The molecule has 0 radical (unpaired) electrons. The normalized spacial score (nSPS) is 10.8. The average molecular weight is 355 g/mol. The van der Waals surface area contributed by atoms with Crippen LogP contribution in [0.25, 0.3) is 11.0 Å². The van der Waals surface area contributed by atoms with Gasteiger partial charge < -0.3 is 14.9 Å². The lowest BCUT2D eigenvalue weighted by Gasteiger charge is -2.09. The van der Waals surface area contributed by atoms with E-state index in [-0.39, 0.29) is 5.91 Å². The van der Waals surface area contributed by atoms with Gasteiger partial charge in [-0.3, -0.25) is 14.4 Å². The third-order valence-corrected chi connectivity index (χ3v) is 4.64. The number of nitrogens with zero attached hydrogens (tertiary/aromatic N) is 1. The maximum absolute atomic E-state index is 12.4. The number of aryl methyl sites for hydroxylation is 1. The van der Waals surface area contributed by atoms with Crippen LogP contribution in [0.3, 0.4) is 0 Å². The van der Waals surface area contributed by atoms with Gasteiger partial charge in [0.1, 0.15) is 0 Å². The number of H-pyrrole nitrogens is 1. The van der Waals surface area contributed by atoms with E-state index in [1.54, 1.807) is 36.9 Å². The molecule has 3 rings (SSSR count). The van der Waals surface area contributed by atoms with Crippen molar-refractivity contribution in [3.63, 3.8) is 0 Å². The smallest absolute Gasteiger partial charge is 0.316 e. The molecule has 0 aliphatic heterocycles. The number of aromatic nitrogens is 2. The Bertz CT molecular complexity index is 1050. The maximum atomic E-state index is 12.4. The van der Waals surface area contributed by atoms with Gasteiger partial charge in [-0.1, -0.05) is 0 Å². The molecule has 1 aromatic heterocycles. The number of carbonyl (C=O) groups is 1. The highest BCUT2D eigenvalue weighted by atomic mass is 32.2. The fraction of sp³-hybridized carbons (Fsp3) is 0.167. The molecule has 25 heavy (non-hydrogen) atoms. The third-order valence-electron chi connectivity index (χ3n) is 3.90. The number of amides is 1. The van der Waals surface area contributed by atoms with Gasteiger partial charge in [0.05, 0.1) is 11.0 Å². The molecule has 0 aliphatic carbocycles. The lowest BCUT2D eigenvalue weighted by Crippen LogP contribution is -2.36. The van der Waals surface area contributed by atoms with Crippen molar-refractivity contribution in [2.75, 3.05) is 11.6 Å². The van der Waals surface area contributed by atoms with Crippen LogP contribution in [0.15, 0.2) is 56.9 Å². The lowest BCUT2D eigenvalue weighted by atomic mass is 10.1. The molecule has 0 saturated carbocycles. The highest BCUT2D eigenvalue weighted by Gasteiger charge is 2.11. The van der Waals surface area contributed by atoms with Gasteiger partial charge in [0, 0.05) is 22.7 Å². The Hall–Kier alpha value is -2.80. The molecule has 1 amide bonds. The number of aromatic amines is 1. The molecule has 128 valence electrons. The van der Waals surface area contributed by atoms with Gasteiger partial charge in [0.15, 0.2) is 0 Å². The van der Waals surface area contributed by atoms with Gasteiger partial charge in [-0.2, -0.15) is 0 Å². The number of hydrogen-bond acceptors (Lipinski definition) is 4. The van der Waals surface area contributed by atoms with Gasteiger partial charge in [-0.25, -0.2) is 0 Å². The van der Waals surface area contributed by atoms with Crippen molar-refractivity contribution >= 4 is 34.4 Å². The van der Waals surface area contributed by atoms with Gasteiger partial charge in [-0.05, 0) is 55.6 Å². The van der Waals surface area contributed by atoms with E-state index in [0.717, 1.165) is 4.90 Å². The number of benzene rings is 2. The van der Waals surface area contributed by atoms with Crippen LogP contribution in [0.5, 0.6) is 0 Å². The summed E-state index contributed by atoms with van der Waals surface area (Å²) < 4.78 is 1.39. The van der Waals surface area contributed by atoms with Crippen LogP contribution in [0.2, 0.25) is 0 Å². The highest BCUT2D eigenvalue weighted by Crippen LogP contribution is 2.18. The molecule has 0 unspecified atom stereocenters. The summed E-state index contributed by atoms with van der Waals surface area (Å²) in [6, 6.07) is 12.4.